The molecule has 6 heteroatoms. The highest BCUT2D eigenvalue weighted by molar-refractivity contribution is 5.89. The van der Waals surface area contributed by atoms with E-state index in [0.717, 1.165) is 12.0 Å². The molecule has 3 rings (SSSR count). The van der Waals surface area contributed by atoms with Crippen LogP contribution in [0.25, 0.3) is 0 Å². The fourth-order valence-electron chi connectivity index (χ4n) is 3.28. The van der Waals surface area contributed by atoms with Gasteiger partial charge in [0.2, 0.25) is 11.8 Å². The van der Waals surface area contributed by atoms with Crippen molar-refractivity contribution in [2.24, 2.45) is 13.0 Å². The van der Waals surface area contributed by atoms with Crippen molar-refractivity contribution in [1.29, 1.82) is 0 Å². The summed E-state index contributed by atoms with van der Waals surface area (Å²) in [7, 11) is 3.64. The molecule has 0 radical (unpaired) electrons. The molecule has 2 aromatic rings. The smallest absolute Gasteiger partial charge is 0.228 e. The van der Waals surface area contributed by atoms with Crippen molar-refractivity contribution in [3.63, 3.8) is 0 Å². The minimum absolute atomic E-state index is 0.0272. The Morgan fingerprint density at radius 2 is 2.04 bits per heavy atom. The Hall–Kier alpha value is -2.63. The van der Waals surface area contributed by atoms with Crippen molar-refractivity contribution in [3.05, 3.63) is 53.9 Å². The standard InChI is InChI=1S/C19H24N4O2/c1-21(12-16-11-20-22(2)13-16)19(25)17-10-18(24)23(14-17)9-8-15-6-4-3-5-7-15/h3-7,11,13,17H,8-10,12,14H2,1-2H3. The number of nitrogens with zero attached hydrogens (tertiary/aromatic N) is 4. The predicted octanol–water partition coefficient (Wildman–Crippen LogP) is 1.47. The summed E-state index contributed by atoms with van der Waals surface area (Å²) in [5, 5.41) is 4.12. The summed E-state index contributed by atoms with van der Waals surface area (Å²) in [6.45, 7) is 1.70. The van der Waals surface area contributed by atoms with Crippen LogP contribution in [0.4, 0.5) is 0 Å². The Balaban J connectivity index is 1.53. The van der Waals surface area contributed by atoms with E-state index in [9.17, 15) is 9.59 Å². The Morgan fingerprint density at radius 3 is 2.72 bits per heavy atom. The zero-order chi connectivity index (χ0) is 17.8. The maximum absolute atomic E-state index is 12.6. The van der Waals surface area contributed by atoms with Crippen LogP contribution in [0, 0.1) is 5.92 Å². The number of benzene rings is 1. The molecule has 1 aliphatic rings. The lowest BCUT2D eigenvalue weighted by Gasteiger charge is -2.21. The van der Waals surface area contributed by atoms with Crippen molar-refractivity contribution >= 4 is 11.8 Å². The molecule has 2 heterocycles. The first kappa shape index (κ1) is 17.2. The summed E-state index contributed by atoms with van der Waals surface area (Å²) in [6.07, 6.45) is 4.79. The second kappa shape index (κ2) is 7.51. The summed E-state index contributed by atoms with van der Waals surface area (Å²) < 4.78 is 1.72. The van der Waals surface area contributed by atoms with E-state index in [4.69, 9.17) is 0 Å². The molecule has 0 spiro atoms. The van der Waals surface area contributed by atoms with E-state index in [1.807, 2.05) is 36.3 Å². The van der Waals surface area contributed by atoms with Crippen LogP contribution in [-0.2, 0) is 29.6 Å². The van der Waals surface area contributed by atoms with Crippen LogP contribution in [-0.4, -0.2) is 51.5 Å². The van der Waals surface area contributed by atoms with Crippen molar-refractivity contribution in [3.8, 4) is 0 Å². The molecule has 0 N–H and O–H groups in total. The van der Waals surface area contributed by atoms with Gasteiger partial charge in [0.25, 0.3) is 0 Å². The monoisotopic (exact) mass is 340 g/mol. The number of aromatic nitrogens is 2. The maximum Gasteiger partial charge on any atom is 0.228 e. The number of carbonyl (C=O) groups is 2. The van der Waals surface area contributed by atoms with Gasteiger partial charge in [0.05, 0.1) is 12.1 Å². The van der Waals surface area contributed by atoms with Gasteiger partial charge >= 0.3 is 0 Å². The fourth-order valence-corrected chi connectivity index (χ4v) is 3.28. The van der Waals surface area contributed by atoms with Gasteiger partial charge < -0.3 is 9.80 Å². The highest BCUT2D eigenvalue weighted by Crippen LogP contribution is 2.21. The van der Waals surface area contributed by atoms with E-state index in [1.165, 1.54) is 5.56 Å². The van der Waals surface area contributed by atoms with Crippen LogP contribution in [0.15, 0.2) is 42.7 Å². The molecule has 132 valence electrons. The molecule has 2 amide bonds. The van der Waals surface area contributed by atoms with Gasteiger partial charge in [0, 0.05) is 51.9 Å². The molecule has 25 heavy (non-hydrogen) atoms. The van der Waals surface area contributed by atoms with Crippen LogP contribution >= 0.6 is 0 Å². The Kier molecular flexibility index (Phi) is 5.16. The van der Waals surface area contributed by atoms with E-state index in [1.54, 1.807) is 22.8 Å². The third kappa shape index (κ3) is 4.26. The molecule has 1 saturated heterocycles. The normalized spacial score (nSPS) is 17.1. The van der Waals surface area contributed by atoms with Crippen molar-refractivity contribution in [2.45, 2.75) is 19.4 Å². The zero-order valence-corrected chi connectivity index (χ0v) is 14.8. The fraction of sp³-hybridized carbons (Fsp3) is 0.421. The molecule has 1 atom stereocenters. The summed E-state index contributed by atoms with van der Waals surface area (Å²) in [6, 6.07) is 10.1. The predicted molar refractivity (Wildman–Crippen MR) is 94.5 cm³/mol. The second-order valence-electron chi connectivity index (χ2n) is 6.69. The quantitative estimate of drug-likeness (QED) is 0.800. The molecule has 1 aliphatic heterocycles. The van der Waals surface area contributed by atoms with E-state index in [-0.39, 0.29) is 17.7 Å². The topological polar surface area (TPSA) is 58.4 Å². The lowest BCUT2D eigenvalue weighted by molar-refractivity contribution is -0.135. The van der Waals surface area contributed by atoms with Gasteiger partial charge in [-0.2, -0.15) is 5.10 Å². The Bertz CT molecular complexity index is 741. The summed E-state index contributed by atoms with van der Waals surface area (Å²) in [5.74, 6) is -0.145. The van der Waals surface area contributed by atoms with Crippen LogP contribution in [0.5, 0.6) is 0 Å². The first-order valence-corrected chi connectivity index (χ1v) is 8.57. The van der Waals surface area contributed by atoms with Crippen molar-refractivity contribution in [2.75, 3.05) is 20.1 Å². The number of amides is 2. The number of likely N-dealkylation sites (tertiary alicyclic amines) is 1. The first-order chi connectivity index (χ1) is 12.0. The van der Waals surface area contributed by atoms with Crippen LogP contribution < -0.4 is 0 Å². The molecule has 0 saturated carbocycles. The van der Waals surface area contributed by atoms with Gasteiger partial charge in [0.1, 0.15) is 0 Å². The largest absolute Gasteiger partial charge is 0.342 e. The first-order valence-electron chi connectivity index (χ1n) is 8.57. The average Bonchev–Trinajstić information content (AvgIpc) is 3.18. The molecule has 6 nitrogen and oxygen atoms in total. The minimum atomic E-state index is -0.245. The molecule has 1 aromatic heterocycles. The molecular formula is C19H24N4O2. The minimum Gasteiger partial charge on any atom is -0.342 e. The van der Waals surface area contributed by atoms with Gasteiger partial charge in [-0.05, 0) is 12.0 Å². The number of aryl methyl sites for hydroxylation is 1. The van der Waals surface area contributed by atoms with Gasteiger partial charge in [-0.3, -0.25) is 14.3 Å². The number of rotatable bonds is 6. The highest BCUT2D eigenvalue weighted by Gasteiger charge is 2.35. The van der Waals surface area contributed by atoms with Gasteiger partial charge in [-0.1, -0.05) is 30.3 Å². The highest BCUT2D eigenvalue weighted by atomic mass is 16.2. The van der Waals surface area contributed by atoms with E-state index in [0.29, 0.717) is 26.1 Å². The van der Waals surface area contributed by atoms with Gasteiger partial charge in [-0.15, -0.1) is 0 Å². The Morgan fingerprint density at radius 1 is 1.28 bits per heavy atom. The molecule has 0 aliphatic carbocycles. The molecule has 1 aromatic carbocycles. The van der Waals surface area contributed by atoms with Crippen molar-refractivity contribution in [1.82, 2.24) is 19.6 Å². The average molecular weight is 340 g/mol. The molecule has 1 fully saturated rings. The van der Waals surface area contributed by atoms with E-state index < -0.39 is 0 Å². The molecular weight excluding hydrogens is 316 g/mol. The van der Waals surface area contributed by atoms with Gasteiger partial charge in [-0.25, -0.2) is 0 Å². The number of carbonyl (C=O) groups excluding carboxylic acids is 2. The third-order valence-electron chi connectivity index (χ3n) is 4.63. The molecule has 1 unspecified atom stereocenters. The summed E-state index contributed by atoms with van der Waals surface area (Å²) in [5.41, 5.74) is 2.20. The summed E-state index contributed by atoms with van der Waals surface area (Å²) in [4.78, 5) is 28.4. The van der Waals surface area contributed by atoms with Crippen molar-refractivity contribution < 1.29 is 9.59 Å². The zero-order valence-electron chi connectivity index (χ0n) is 14.8. The lowest BCUT2D eigenvalue weighted by atomic mass is 10.1. The third-order valence-corrected chi connectivity index (χ3v) is 4.63. The maximum atomic E-state index is 12.6. The Labute approximate surface area is 148 Å². The summed E-state index contributed by atoms with van der Waals surface area (Å²) >= 11 is 0. The SMILES string of the molecule is CN(Cc1cnn(C)c1)C(=O)C1CC(=O)N(CCc2ccccc2)C1. The number of hydrogen-bond donors (Lipinski definition) is 0. The van der Waals surface area contributed by atoms with Crippen LogP contribution in [0.2, 0.25) is 0 Å². The number of hydrogen-bond acceptors (Lipinski definition) is 3. The van der Waals surface area contributed by atoms with Gasteiger partial charge in [0.15, 0.2) is 0 Å². The van der Waals surface area contributed by atoms with E-state index in [2.05, 4.69) is 17.2 Å². The van der Waals surface area contributed by atoms with E-state index >= 15 is 0 Å². The lowest BCUT2D eigenvalue weighted by Crippen LogP contribution is -2.34. The van der Waals surface area contributed by atoms with Crippen LogP contribution in [0.1, 0.15) is 17.5 Å². The van der Waals surface area contributed by atoms with Crippen LogP contribution in [0.3, 0.4) is 0 Å². The molecule has 0 bridgehead atoms. The second-order valence-corrected chi connectivity index (χ2v) is 6.69.